The minimum absolute atomic E-state index is 0.0715. The Morgan fingerprint density at radius 3 is 2.84 bits per heavy atom. The molecule has 1 aliphatic heterocycles. The van der Waals surface area contributed by atoms with E-state index in [1.807, 2.05) is 30.9 Å². The summed E-state index contributed by atoms with van der Waals surface area (Å²) in [4.78, 5) is 31.4. The molecule has 2 aliphatic rings. The zero-order valence-corrected chi connectivity index (χ0v) is 17.9. The molecule has 1 atom stereocenters. The third-order valence-electron chi connectivity index (χ3n) is 6.88. The Kier molecular flexibility index (Phi) is 4.79. The Hall–Kier alpha value is -3.16. The molecule has 0 aromatic carbocycles. The van der Waals surface area contributed by atoms with Crippen LogP contribution in [0.15, 0.2) is 35.0 Å². The van der Waals surface area contributed by atoms with Crippen LogP contribution >= 0.6 is 0 Å². The molecule has 1 saturated carbocycles. The molecule has 2 amide bonds. The van der Waals surface area contributed by atoms with E-state index in [9.17, 15) is 9.59 Å². The van der Waals surface area contributed by atoms with E-state index in [1.165, 1.54) is 0 Å². The summed E-state index contributed by atoms with van der Waals surface area (Å²) in [5, 5.41) is 8.30. The van der Waals surface area contributed by atoms with Crippen molar-refractivity contribution in [2.75, 3.05) is 19.6 Å². The van der Waals surface area contributed by atoms with Crippen molar-refractivity contribution in [3.8, 4) is 0 Å². The lowest BCUT2D eigenvalue weighted by Crippen LogP contribution is -2.41. The molecule has 0 bridgehead atoms. The van der Waals surface area contributed by atoms with Crippen LogP contribution in [0, 0.1) is 18.3 Å². The van der Waals surface area contributed by atoms with E-state index < -0.39 is 0 Å². The quantitative estimate of drug-likeness (QED) is 0.684. The normalized spacial score (nSPS) is 19.7. The minimum Gasteiger partial charge on any atom is -0.449 e. The monoisotopic (exact) mass is 421 g/mol. The lowest BCUT2D eigenvalue weighted by molar-refractivity contribution is 0.0656. The average molecular weight is 422 g/mol. The van der Waals surface area contributed by atoms with Crippen LogP contribution in [-0.2, 0) is 6.54 Å². The first-order valence-electron chi connectivity index (χ1n) is 10.9. The molecule has 1 saturated heterocycles. The Labute approximate surface area is 180 Å². The zero-order chi connectivity index (χ0) is 21.6. The van der Waals surface area contributed by atoms with Gasteiger partial charge in [0.25, 0.3) is 11.8 Å². The highest BCUT2D eigenvalue weighted by Crippen LogP contribution is 2.59. The summed E-state index contributed by atoms with van der Waals surface area (Å²) in [6.45, 7) is 6.76. The maximum absolute atomic E-state index is 12.9. The molecule has 162 valence electrons. The van der Waals surface area contributed by atoms with Crippen molar-refractivity contribution in [2.24, 2.45) is 11.3 Å². The van der Waals surface area contributed by atoms with Crippen LogP contribution in [0.25, 0.3) is 11.0 Å². The summed E-state index contributed by atoms with van der Waals surface area (Å²) >= 11 is 0. The number of likely N-dealkylation sites (tertiary alicyclic amines) is 1. The lowest BCUT2D eigenvalue weighted by Gasteiger charge is -2.33. The number of furan rings is 1. The summed E-state index contributed by atoms with van der Waals surface area (Å²) in [5.74, 6) is 0.667. The molecular weight excluding hydrogens is 394 g/mol. The molecular formula is C23H27N5O3. The zero-order valence-electron chi connectivity index (χ0n) is 17.9. The van der Waals surface area contributed by atoms with E-state index in [-0.39, 0.29) is 17.2 Å². The first-order valence-corrected chi connectivity index (χ1v) is 10.9. The fraction of sp³-hybridized carbons (Fsp3) is 0.478. The SMILES string of the molecule is CCn1nc(C)cc1C(=O)N1CCC2(CC1)CC2CNC(=O)c1cc2ccncc2o1. The molecule has 1 aliphatic carbocycles. The molecule has 0 radical (unpaired) electrons. The molecule has 8 heteroatoms. The Bertz CT molecular complexity index is 1110. The van der Waals surface area contributed by atoms with Crippen LogP contribution in [0.3, 0.4) is 0 Å². The smallest absolute Gasteiger partial charge is 0.287 e. The second kappa shape index (κ2) is 7.51. The molecule has 4 heterocycles. The molecule has 3 aromatic heterocycles. The van der Waals surface area contributed by atoms with Gasteiger partial charge >= 0.3 is 0 Å². The van der Waals surface area contributed by atoms with Gasteiger partial charge < -0.3 is 14.6 Å². The van der Waals surface area contributed by atoms with E-state index in [2.05, 4.69) is 15.4 Å². The number of pyridine rings is 1. The van der Waals surface area contributed by atoms with Gasteiger partial charge in [-0.1, -0.05) is 0 Å². The number of carbonyl (C=O) groups excluding carboxylic acids is 2. The van der Waals surface area contributed by atoms with Gasteiger partial charge in [-0.15, -0.1) is 0 Å². The number of hydrogen-bond donors (Lipinski definition) is 1. The van der Waals surface area contributed by atoms with Crippen molar-refractivity contribution in [1.29, 1.82) is 0 Å². The number of nitrogens with zero attached hydrogens (tertiary/aromatic N) is 4. The van der Waals surface area contributed by atoms with Crippen molar-refractivity contribution in [3.63, 3.8) is 0 Å². The van der Waals surface area contributed by atoms with Crippen molar-refractivity contribution in [2.45, 2.75) is 39.7 Å². The van der Waals surface area contributed by atoms with Crippen LogP contribution in [0.5, 0.6) is 0 Å². The van der Waals surface area contributed by atoms with Gasteiger partial charge in [0.05, 0.1) is 11.9 Å². The first kappa shape index (κ1) is 19.8. The maximum Gasteiger partial charge on any atom is 0.287 e. The fourth-order valence-electron chi connectivity index (χ4n) is 4.91. The van der Waals surface area contributed by atoms with Crippen molar-refractivity contribution >= 4 is 22.8 Å². The van der Waals surface area contributed by atoms with E-state index in [1.54, 1.807) is 23.1 Å². The highest BCUT2D eigenvalue weighted by Gasteiger charge is 2.54. The molecule has 31 heavy (non-hydrogen) atoms. The Balaban J connectivity index is 1.14. The third-order valence-corrected chi connectivity index (χ3v) is 6.88. The van der Waals surface area contributed by atoms with Gasteiger partial charge in [0.1, 0.15) is 5.69 Å². The van der Waals surface area contributed by atoms with E-state index in [4.69, 9.17) is 4.42 Å². The van der Waals surface area contributed by atoms with Crippen LogP contribution in [-0.4, -0.2) is 51.1 Å². The van der Waals surface area contributed by atoms with Crippen LogP contribution in [0.2, 0.25) is 0 Å². The van der Waals surface area contributed by atoms with Crippen LogP contribution < -0.4 is 5.32 Å². The molecule has 5 rings (SSSR count). The molecule has 2 fully saturated rings. The topological polar surface area (TPSA) is 93.3 Å². The Morgan fingerprint density at radius 2 is 2.10 bits per heavy atom. The van der Waals surface area contributed by atoms with Crippen molar-refractivity contribution in [3.05, 3.63) is 47.7 Å². The number of aromatic nitrogens is 3. The third kappa shape index (κ3) is 3.60. The van der Waals surface area contributed by atoms with Gasteiger partial charge in [-0.05, 0) is 62.6 Å². The van der Waals surface area contributed by atoms with Gasteiger partial charge in [0.2, 0.25) is 0 Å². The molecule has 1 N–H and O–H groups in total. The van der Waals surface area contributed by atoms with Gasteiger partial charge in [-0.2, -0.15) is 5.10 Å². The number of rotatable bonds is 5. The summed E-state index contributed by atoms with van der Waals surface area (Å²) in [6.07, 6.45) is 6.36. The maximum atomic E-state index is 12.9. The van der Waals surface area contributed by atoms with Gasteiger partial charge in [-0.3, -0.25) is 19.3 Å². The fourth-order valence-corrected chi connectivity index (χ4v) is 4.91. The predicted octanol–water partition coefficient (Wildman–Crippen LogP) is 3.02. The average Bonchev–Trinajstić information content (AvgIpc) is 3.12. The molecule has 1 unspecified atom stereocenters. The second-order valence-corrected chi connectivity index (χ2v) is 8.78. The van der Waals surface area contributed by atoms with Gasteiger partial charge in [0, 0.05) is 37.8 Å². The highest BCUT2D eigenvalue weighted by molar-refractivity contribution is 5.96. The summed E-state index contributed by atoms with van der Waals surface area (Å²) in [6, 6.07) is 5.46. The number of amides is 2. The first-order chi connectivity index (χ1) is 15.0. The van der Waals surface area contributed by atoms with E-state index in [0.29, 0.717) is 36.0 Å². The van der Waals surface area contributed by atoms with E-state index in [0.717, 1.165) is 43.4 Å². The van der Waals surface area contributed by atoms with Crippen LogP contribution in [0.4, 0.5) is 0 Å². The number of fused-ring (bicyclic) bond motifs is 1. The molecule has 8 nitrogen and oxygen atoms in total. The molecule has 3 aromatic rings. The summed E-state index contributed by atoms with van der Waals surface area (Å²) in [7, 11) is 0. The Morgan fingerprint density at radius 1 is 1.29 bits per heavy atom. The number of nitrogens with one attached hydrogen (secondary N) is 1. The summed E-state index contributed by atoms with van der Waals surface area (Å²) < 4.78 is 7.38. The highest BCUT2D eigenvalue weighted by atomic mass is 16.3. The van der Waals surface area contributed by atoms with E-state index >= 15 is 0 Å². The summed E-state index contributed by atoms with van der Waals surface area (Å²) in [5.41, 5.74) is 2.42. The standard InChI is InChI=1S/C23H27N5O3/c1-3-28-18(10-15(2)26-28)22(30)27-8-5-23(6-9-27)12-17(23)13-25-21(29)19-11-16-4-7-24-14-20(16)31-19/h4,7,10-11,14,17H,3,5-6,8-9,12-13H2,1-2H3,(H,25,29). The number of hydrogen-bond acceptors (Lipinski definition) is 5. The van der Waals surface area contributed by atoms with Crippen molar-refractivity contribution < 1.29 is 14.0 Å². The van der Waals surface area contributed by atoms with Gasteiger partial charge in [0.15, 0.2) is 11.3 Å². The van der Waals surface area contributed by atoms with Crippen molar-refractivity contribution in [1.82, 2.24) is 25.0 Å². The van der Waals surface area contributed by atoms with Gasteiger partial charge in [-0.25, -0.2) is 0 Å². The lowest BCUT2D eigenvalue weighted by atomic mass is 9.90. The number of aryl methyl sites for hydroxylation is 2. The predicted molar refractivity (Wildman–Crippen MR) is 115 cm³/mol. The number of piperidine rings is 1. The van der Waals surface area contributed by atoms with Crippen LogP contribution in [0.1, 0.15) is 52.9 Å². The second-order valence-electron chi connectivity index (χ2n) is 8.78. The largest absolute Gasteiger partial charge is 0.449 e. The molecule has 1 spiro atoms. The number of carbonyl (C=O) groups is 2. The minimum atomic E-state index is -0.186.